The van der Waals surface area contributed by atoms with Gasteiger partial charge >= 0.3 is 0 Å². The molecular formula is C18H26N6OS. The fraction of sp³-hybridized carbons (Fsp3) is 0.667. The number of aryl methyl sites for hydroxylation is 2. The molecule has 2 aromatic heterocycles. The minimum Gasteiger partial charge on any atom is -0.381 e. The number of likely N-dealkylation sites (tertiary alicyclic amines) is 1. The smallest absolute Gasteiger partial charge is 0.211 e. The van der Waals surface area contributed by atoms with Gasteiger partial charge < -0.3 is 10.1 Å². The van der Waals surface area contributed by atoms with Crippen LogP contribution in [0.5, 0.6) is 0 Å². The van der Waals surface area contributed by atoms with Gasteiger partial charge in [-0.3, -0.25) is 4.90 Å². The molecule has 0 radical (unpaired) electrons. The Hall–Kier alpha value is -1.64. The minimum atomic E-state index is 0.402. The van der Waals surface area contributed by atoms with E-state index in [0.29, 0.717) is 12.0 Å². The summed E-state index contributed by atoms with van der Waals surface area (Å²) in [5.41, 5.74) is 0.988. The van der Waals surface area contributed by atoms with Crippen LogP contribution in [0.4, 0.5) is 10.9 Å². The van der Waals surface area contributed by atoms with Crippen molar-refractivity contribution in [3.63, 3.8) is 0 Å². The maximum absolute atomic E-state index is 5.50. The van der Waals surface area contributed by atoms with Crippen LogP contribution in [0.2, 0.25) is 0 Å². The summed E-state index contributed by atoms with van der Waals surface area (Å²) >= 11 is 1.58. The molecule has 4 heterocycles. The lowest BCUT2D eigenvalue weighted by Gasteiger charge is -2.30. The fourth-order valence-electron chi connectivity index (χ4n) is 3.77. The maximum atomic E-state index is 5.50. The molecule has 0 amide bonds. The van der Waals surface area contributed by atoms with E-state index < -0.39 is 0 Å². The van der Waals surface area contributed by atoms with Crippen molar-refractivity contribution in [3.8, 4) is 0 Å². The van der Waals surface area contributed by atoms with Gasteiger partial charge in [0.05, 0.1) is 0 Å². The van der Waals surface area contributed by atoms with Gasteiger partial charge in [-0.15, -0.1) is 10.2 Å². The summed E-state index contributed by atoms with van der Waals surface area (Å²) in [4.78, 5) is 12.1. The Morgan fingerprint density at radius 3 is 2.85 bits per heavy atom. The molecule has 0 spiro atoms. The summed E-state index contributed by atoms with van der Waals surface area (Å²) in [5.74, 6) is 2.16. The number of nitrogens with one attached hydrogen (secondary N) is 1. The van der Waals surface area contributed by atoms with E-state index in [2.05, 4.69) is 27.3 Å². The Bertz CT molecular complexity index is 745. The summed E-state index contributed by atoms with van der Waals surface area (Å²) in [6.45, 7) is 8.07. The number of aromatic nitrogens is 4. The lowest BCUT2D eigenvalue weighted by atomic mass is 10.1. The van der Waals surface area contributed by atoms with E-state index in [0.717, 1.165) is 79.5 Å². The first-order valence-electron chi connectivity index (χ1n) is 9.48. The van der Waals surface area contributed by atoms with Crippen LogP contribution in [0, 0.1) is 6.92 Å². The van der Waals surface area contributed by atoms with Gasteiger partial charge in [0.2, 0.25) is 5.13 Å². The number of hydrogen-bond acceptors (Lipinski definition) is 8. The predicted molar refractivity (Wildman–Crippen MR) is 102 cm³/mol. The summed E-state index contributed by atoms with van der Waals surface area (Å²) in [5, 5.41) is 13.5. The zero-order chi connectivity index (χ0) is 17.9. The summed E-state index contributed by atoms with van der Waals surface area (Å²) in [6, 6.07) is 2.63. The van der Waals surface area contributed by atoms with E-state index in [1.807, 2.05) is 13.0 Å². The minimum absolute atomic E-state index is 0.402. The third-order valence-electron chi connectivity index (χ3n) is 5.17. The van der Waals surface area contributed by atoms with Crippen molar-refractivity contribution in [1.29, 1.82) is 0 Å². The van der Waals surface area contributed by atoms with Gasteiger partial charge in [0, 0.05) is 43.5 Å². The molecule has 0 saturated carbocycles. The van der Waals surface area contributed by atoms with Crippen LogP contribution in [-0.2, 0) is 11.2 Å². The molecule has 7 nitrogen and oxygen atoms in total. The second kappa shape index (κ2) is 7.94. The Balaban J connectivity index is 1.45. The van der Waals surface area contributed by atoms with Gasteiger partial charge in [-0.2, -0.15) is 0 Å². The molecule has 1 N–H and O–H groups in total. The average molecular weight is 375 g/mol. The topological polar surface area (TPSA) is 76.1 Å². The van der Waals surface area contributed by atoms with Crippen molar-refractivity contribution in [2.75, 3.05) is 31.6 Å². The largest absolute Gasteiger partial charge is 0.381 e. The summed E-state index contributed by atoms with van der Waals surface area (Å²) in [7, 11) is 0. The summed E-state index contributed by atoms with van der Waals surface area (Å²) in [6.07, 6.45) is 4.31. The van der Waals surface area contributed by atoms with Crippen molar-refractivity contribution in [2.45, 2.75) is 51.5 Å². The Labute approximate surface area is 158 Å². The van der Waals surface area contributed by atoms with Crippen molar-refractivity contribution >= 4 is 22.3 Å². The third-order valence-corrected chi connectivity index (χ3v) is 6.15. The van der Waals surface area contributed by atoms with Gasteiger partial charge in [-0.1, -0.05) is 18.3 Å². The van der Waals surface area contributed by atoms with Crippen LogP contribution in [0.15, 0.2) is 6.07 Å². The number of rotatable bonds is 5. The molecule has 26 heavy (non-hydrogen) atoms. The highest BCUT2D eigenvalue weighted by Gasteiger charge is 2.31. The monoisotopic (exact) mass is 374 g/mol. The molecule has 140 valence electrons. The van der Waals surface area contributed by atoms with Crippen LogP contribution < -0.4 is 5.32 Å². The van der Waals surface area contributed by atoms with Gasteiger partial charge in [-0.05, 0) is 39.2 Å². The number of nitrogens with zero attached hydrogens (tertiary/aromatic N) is 5. The van der Waals surface area contributed by atoms with E-state index in [9.17, 15) is 0 Å². The molecule has 2 aliphatic heterocycles. The molecule has 2 aliphatic rings. The molecule has 2 fully saturated rings. The molecule has 0 aromatic carbocycles. The van der Waals surface area contributed by atoms with E-state index in [4.69, 9.17) is 14.7 Å². The third kappa shape index (κ3) is 4.02. The second-order valence-corrected chi connectivity index (χ2v) is 8.12. The first-order chi connectivity index (χ1) is 12.7. The molecule has 0 aliphatic carbocycles. The van der Waals surface area contributed by atoms with Crippen LogP contribution >= 0.6 is 11.3 Å². The highest BCUT2D eigenvalue weighted by atomic mass is 32.1. The first-order valence-corrected chi connectivity index (χ1v) is 10.3. The Morgan fingerprint density at radius 2 is 2.08 bits per heavy atom. The standard InChI is InChI=1S/C18H26N6OS/c1-3-16-22-23-18(26-16)21-15-10-12(2)19-17(20-15)13-4-7-24(11-13)14-5-8-25-9-6-14/h10,13-14H,3-9,11H2,1-2H3,(H,19,20,21,23). The van der Waals surface area contributed by atoms with Crippen LogP contribution in [-0.4, -0.2) is 57.4 Å². The van der Waals surface area contributed by atoms with E-state index in [1.165, 1.54) is 0 Å². The molecule has 4 rings (SSSR count). The highest BCUT2D eigenvalue weighted by Crippen LogP contribution is 2.30. The molecule has 2 saturated heterocycles. The first kappa shape index (κ1) is 17.8. The van der Waals surface area contributed by atoms with Crippen molar-refractivity contribution in [2.24, 2.45) is 0 Å². The number of ether oxygens (including phenoxy) is 1. The Kier molecular flexibility index (Phi) is 5.42. The van der Waals surface area contributed by atoms with E-state index >= 15 is 0 Å². The zero-order valence-electron chi connectivity index (χ0n) is 15.4. The van der Waals surface area contributed by atoms with Crippen LogP contribution in [0.1, 0.15) is 48.6 Å². The van der Waals surface area contributed by atoms with Crippen molar-refractivity contribution in [1.82, 2.24) is 25.1 Å². The molecule has 0 bridgehead atoms. The van der Waals surface area contributed by atoms with Crippen LogP contribution in [0.3, 0.4) is 0 Å². The fourth-order valence-corrected chi connectivity index (χ4v) is 4.46. The SMILES string of the molecule is CCc1nnc(Nc2cc(C)nc(C3CCN(C4CCOCC4)C3)n2)s1. The molecular weight excluding hydrogens is 348 g/mol. The van der Waals surface area contributed by atoms with Gasteiger partial charge in [0.15, 0.2) is 0 Å². The summed E-state index contributed by atoms with van der Waals surface area (Å²) < 4.78 is 5.50. The lowest BCUT2D eigenvalue weighted by Crippen LogP contribution is -2.37. The number of anilines is 2. The van der Waals surface area contributed by atoms with Crippen molar-refractivity contribution < 1.29 is 4.74 Å². The average Bonchev–Trinajstić information content (AvgIpc) is 3.31. The molecule has 1 unspecified atom stereocenters. The van der Waals surface area contributed by atoms with Gasteiger partial charge in [-0.25, -0.2) is 9.97 Å². The predicted octanol–water partition coefficient (Wildman–Crippen LogP) is 2.91. The molecule has 1 atom stereocenters. The number of hydrogen-bond donors (Lipinski definition) is 1. The normalized spacial score (nSPS) is 22.0. The highest BCUT2D eigenvalue weighted by molar-refractivity contribution is 7.15. The molecule has 8 heteroatoms. The second-order valence-electron chi connectivity index (χ2n) is 7.06. The lowest BCUT2D eigenvalue weighted by molar-refractivity contribution is 0.0419. The van der Waals surface area contributed by atoms with Crippen LogP contribution in [0.25, 0.3) is 0 Å². The molecule has 2 aromatic rings. The van der Waals surface area contributed by atoms with Crippen molar-refractivity contribution in [3.05, 3.63) is 22.6 Å². The quantitative estimate of drug-likeness (QED) is 0.862. The zero-order valence-corrected chi connectivity index (χ0v) is 16.3. The van der Waals surface area contributed by atoms with E-state index in [1.54, 1.807) is 11.3 Å². The Morgan fingerprint density at radius 1 is 1.23 bits per heavy atom. The van der Waals surface area contributed by atoms with Gasteiger partial charge in [0.1, 0.15) is 16.6 Å². The van der Waals surface area contributed by atoms with Gasteiger partial charge in [0.25, 0.3) is 0 Å². The van der Waals surface area contributed by atoms with E-state index in [-0.39, 0.29) is 0 Å². The maximum Gasteiger partial charge on any atom is 0.211 e.